The summed E-state index contributed by atoms with van der Waals surface area (Å²) in [6, 6.07) is 8.48. The molecule has 0 atom stereocenters. The van der Waals surface area contributed by atoms with Crippen LogP contribution in [0.15, 0.2) is 55.1 Å². The summed E-state index contributed by atoms with van der Waals surface area (Å²) in [4.78, 5) is 14.6. The molecule has 5 nitrogen and oxygen atoms in total. The molecular weight excluding hydrogens is 314 g/mol. The van der Waals surface area contributed by atoms with Crippen LogP contribution in [-0.4, -0.2) is 25.2 Å². The first kappa shape index (κ1) is 17.0. The molecule has 0 bridgehead atoms. The molecule has 0 aliphatic rings. The van der Waals surface area contributed by atoms with Gasteiger partial charge in [0.2, 0.25) is 0 Å². The highest BCUT2D eigenvalue weighted by molar-refractivity contribution is 5.87. The van der Waals surface area contributed by atoms with Gasteiger partial charge < -0.3 is 9.67 Å². The first-order valence-corrected chi connectivity index (χ1v) is 8.64. The molecule has 1 N–H and O–H groups in total. The van der Waals surface area contributed by atoms with Crippen LogP contribution < -0.4 is 0 Å². The third kappa shape index (κ3) is 3.82. The van der Waals surface area contributed by atoms with Crippen LogP contribution in [0.4, 0.5) is 0 Å². The molecule has 2 aromatic heterocycles. The summed E-state index contributed by atoms with van der Waals surface area (Å²) in [6.45, 7) is 3.09. The maximum absolute atomic E-state index is 10.5. The van der Waals surface area contributed by atoms with Crippen LogP contribution in [0.25, 0.3) is 16.7 Å². The van der Waals surface area contributed by atoms with Gasteiger partial charge >= 0.3 is 5.97 Å². The minimum Gasteiger partial charge on any atom is -0.478 e. The van der Waals surface area contributed by atoms with Crippen LogP contribution >= 0.6 is 0 Å². The SMILES string of the molecule is Cc1c(-n2ccnc2)n(CCCCCC=CC(=O)O)c2ccccc12. The zero-order chi connectivity index (χ0) is 17.6. The summed E-state index contributed by atoms with van der Waals surface area (Å²) in [5, 5.41) is 9.86. The van der Waals surface area contributed by atoms with E-state index in [2.05, 4.69) is 45.3 Å². The molecule has 0 aliphatic heterocycles. The van der Waals surface area contributed by atoms with E-state index in [0.29, 0.717) is 0 Å². The second-order valence-electron chi connectivity index (χ2n) is 6.18. The molecule has 0 spiro atoms. The van der Waals surface area contributed by atoms with E-state index in [0.717, 1.165) is 32.2 Å². The lowest BCUT2D eigenvalue weighted by atomic mass is 10.2. The molecule has 0 unspecified atom stereocenters. The number of aromatic nitrogens is 3. The third-order valence-corrected chi connectivity index (χ3v) is 4.45. The van der Waals surface area contributed by atoms with Crippen LogP contribution in [0.5, 0.6) is 0 Å². The number of hydrogen-bond acceptors (Lipinski definition) is 2. The Hall–Kier alpha value is -2.82. The molecule has 0 aliphatic carbocycles. The van der Waals surface area contributed by atoms with Crippen molar-refractivity contribution in [2.45, 2.75) is 39.2 Å². The van der Waals surface area contributed by atoms with Gasteiger partial charge in [-0.05, 0) is 37.8 Å². The Labute approximate surface area is 147 Å². The van der Waals surface area contributed by atoms with Crippen molar-refractivity contribution in [3.63, 3.8) is 0 Å². The summed E-state index contributed by atoms with van der Waals surface area (Å²) in [7, 11) is 0. The molecule has 130 valence electrons. The summed E-state index contributed by atoms with van der Waals surface area (Å²) < 4.78 is 4.43. The van der Waals surface area contributed by atoms with Gasteiger partial charge in [-0.15, -0.1) is 0 Å². The zero-order valence-corrected chi connectivity index (χ0v) is 14.4. The molecule has 0 saturated carbocycles. The fourth-order valence-corrected chi connectivity index (χ4v) is 3.30. The Morgan fingerprint density at radius 1 is 1.24 bits per heavy atom. The highest BCUT2D eigenvalue weighted by Crippen LogP contribution is 2.28. The average Bonchev–Trinajstić information content (AvgIpc) is 3.21. The van der Waals surface area contributed by atoms with Crippen molar-refractivity contribution in [2.75, 3.05) is 0 Å². The van der Waals surface area contributed by atoms with Gasteiger partial charge in [-0.2, -0.15) is 0 Å². The van der Waals surface area contributed by atoms with Crippen molar-refractivity contribution in [3.8, 4) is 5.82 Å². The normalized spacial score (nSPS) is 11.6. The van der Waals surface area contributed by atoms with Crippen molar-refractivity contribution >= 4 is 16.9 Å². The van der Waals surface area contributed by atoms with E-state index in [1.165, 1.54) is 28.4 Å². The van der Waals surface area contributed by atoms with Crippen LogP contribution in [-0.2, 0) is 11.3 Å². The standard InChI is InChI=1S/C20H23N3O2/c1-16-17-9-6-7-10-18(17)23(20(16)22-14-12-21-15-22)13-8-4-2-3-5-11-19(24)25/h5-7,9-12,14-15H,2-4,8,13H2,1H3,(H,24,25). The van der Waals surface area contributed by atoms with E-state index in [1.54, 1.807) is 12.3 Å². The number of hydrogen-bond donors (Lipinski definition) is 1. The van der Waals surface area contributed by atoms with Crippen molar-refractivity contribution in [3.05, 3.63) is 60.7 Å². The smallest absolute Gasteiger partial charge is 0.327 e. The maximum atomic E-state index is 10.5. The number of benzene rings is 1. The van der Waals surface area contributed by atoms with Crippen LogP contribution in [0.3, 0.4) is 0 Å². The van der Waals surface area contributed by atoms with Crippen molar-refractivity contribution in [1.82, 2.24) is 14.1 Å². The average molecular weight is 337 g/mol. The van der Waals surface area contributed by atoms with Gasteiger partial charge in [0.25, 0.3) is 0 Å². The lowest BCUT2D eigenvalue weighted by Crippen LogP contribution is -2.06. The quantitative estimate of drug-likeness (QED) is 0.491. The minimum atomic E-state index is -0.876. The van der Waals surface area contributed by atoms with Crippen molar-refractivity contribution in [1.29, 1.82) is 0 Å². The topological polar surface area (TPSA) is 60.0 Å². The summed E-state index contributed by atoms with van der Waals surface area (Å²) in [5.41, 5.74) is 2.51. The number of rotatable bonds is 8. The third-order valence-electron chi connectivity index (χ3n) is 4.45. The molecule has 2 heterocycles. The largest absolute Gasteiger partial charge is 0.478 e. The summed E-state index contributed by atoms with van der Waals surface area (Å²) in [5.74, 6) is 0.295. The second-order valence-corrected chi connectivity index (χ2v) is 6.18. The summed E-state index contributed by atoms with van der Waals surface area (Å²) in [6.07, 6.45) is 12.5. The lowest BCUT2D eigenvalue weighted by Gasteiger charge is -2.12. The number of nitrogens with zero attached hydrogens (tertiary/aromatic N) is 3. The van der Waals surface area contributed by atoms with E-state index < -0.39 is 5.97 Å². The Bertz CT molecular complexity index is 876. The maximum Gasteiger partial charge on any atom is 0.327 e. The van der Waals surface area contributed by atoms with Crippen molar-refractivity contribution in [2.24, 2.45) is 0 Å². The van der Waals surface area contributed by atoms with Crippen LogP contribution in [0, 0.1) is 6.92 Å². The Balaban J connectivity index is 1.74. The molecule has 3 aromatic rings. The number of aliphatic carboxylic acids is 1. The number of fused-ring (bicyclic) bond motifs is 1. The molecule has 0 amide bonds. The molecular formula is C20H23N3O2. The molecule has 1 aromatic carbocycles. The Kier molecular flexibility index (Phi) is 5.33. The van der Waals surface area contributed by atoms with Gasteiger partial charge in [0.15, 0.2) is 0 Å². The predicted molar refractivity (Wildman–Crippen MR) is 99.0 cm³/mol. The number of carboxylic acid groups (broad SMARTS) is 1. The van der Waals surface area contributed by atoms with Gasteiger partial charge in [-0.3, -0.25) is 4.57 Å². The first-order chi connectivity index (χ1) is 12.2. The fraction of sp³-hybridized carbons (Fsp3) is 0.300. The molecule has 0 radical (unpaired) electrons. The number of aryl methyl sites for hydroxylation is 2. The highest BCUT2D eigenvalue weighted by Gasteiger charge is 2.14. The first-order valence-electron chi connectivity index (χ1n) is 8.64. The molecule has 3 rings (SSSR count). The number of para-hydroxylation sites is 1. The molecule has 5 heteroatoms. The number of carboxylic acids is 1. The lowest BCUT2D eigenvalue weighted by molar-refractivity contribution is -0.131. The van der Waals surface area contributed by atoms with Crippen LogP contribution in [0.1, 0.15) is 31.2 Å². The summed E-state index contributed by atoms with van der Waals surface area (Å²) >= 11 is 0. The van der Waals surface area contributed by atoms with Gasteiger partial charge in [0, 0.05) is 35.9 Å². The monoisotopic (exact) mass is 337 g/mol. The second kappa shape index (κ2) is 7.83. The van der Waals surface area contributed by atoms with Crippen molar-refractivity contribution < 1.29 is 9.90 Å². The van der Waals surface area contributed by atoms with Gasteiger partial charge in [-0.1, -0.05) is 30.7 Å². The minimum absolute atomic E-state index is 0.812. The Morgan fingerprint density at radius 3 is 2.84 bits per heavy atom. The number of imidazole rings is 1. The zero-order valence-electron chi connectivity index (χ0n) is 14.4. The van der Waals surface area contributed by atoms with E-state index in [1.807, 2.05) is 12.5 Å². The van der Waals surface area contributed by atoms with E-state index in [9.17, 15) is 4.79 Å². The Morgan fingerprint density at radius 2 is 2.08 bits per heavy atom. The molecule has 25 heavy (non-hydrogen) atoms. The highest BCUT2D eigenvalue weighted by atomic mass is 16.4. The number of carbonyl (C=O) groups is 1. The van der Waals surface area contributed by atoms with Gasteiger partial charge in [-0.25, -0.2) is 9.78 Å². The number of unbranched alkanes of at least 4 members (excludes halogenated alkanes) is 3. The predicted octanol–water partition coefficient (Wildman–Crippen LogP) is 4.34. The van der Waals surface area contributed by atoms with E-state index >= 15 is 0 Å². The van der Waals surface area contributed by atoms with E-state index in [4.69, 9.17) is 5.11 Å². The number of allylic oxidation sites excluding steroid dienone is 1. The van der Waals surface area contributed by atoms with Gasteiger partial charge in [0.1, 0.15) is 12.1 Å². The molecule has 0 saturated heterocycles. The van der Waals surface area contributed by atoms with Crippen LogP contribution in [0.2, 0.25) is 0 Å². The molecule has 0 fully saturated rings. The van der Waals surface area contributed by atoms with E-state index in [-0.39, 0.29) is 0 Å². The fourth-order valence-electron chi connectivity index (χ4n) is 3.30. The van der Waals surface area contributed by atoms with Gasteiger partial charge in [0.05, 0.1) is 0 Å².